The molecule has 0 saturated carbocycles. The van der Waals surface area contributed by atoms with Crippen LogP contribution in [0.1, 0.15) is 36.1 Å². The molecular formula is C14H22ClNO3. The SMILES string of the molecule is CCOC(=O)C[C@@H](N)c1cc(C)c(OC)c(C)c1.Cl. The summed E-state index contributed by atoms with van der Waals surface area (Å²) in [6.07, 6.45) is 0.194. The predicted molar refractivity (Wildman–Crippen MR) is 77.9 cm³/mol. The molecular weight excluding hydrogens is 266 g/mol. The van der Waals surface area contributed by atoms with Crippen LogP contribution in [0, 0.1) is 13.8 Å². The standard InChI is InChI=1S/C14H21NO3.ClH/c1-5-18-13(16)8-12(15)11-6-9(2)14(17-4)10(3)7-11;/h6-7,12H,5,8,15H2,1-4H3;1H/t12-;/m1./s1. The largest absolute Gasteiger partial charge is 0.496 e. The second kappa shape index (κ2) is 8.02. The lowest BCUT2D eigenvalue weighted by atomic mass is 9.99. The Bertz CT molecular complexity index is 412. The summed E-state index contributed by atoms with van der Waals surface area (Å²) in [7, 11) is 1.65. The Morgan fingerprint density at radius 2 is 1.84 bits per heavy atom. The third-order valence-corrected chi connectivity index (χ3v) is 2.81. The number of benzene rings is 1. The van der Waals surface area contributed by atoms with Crippen molar-refractivity contribution in [1.29, 1.82) is 0 Å². The number of esters is 1. The van der Waals surface area contributed by atoms with Crippen molar-refractivity contribution in [2.75, 3.05) is 13.7 Å². The highest BCUT2D eigenvalue weighted by Crippen LogP contribution is 2.27. The van der Waals surface area contributed by atoms with Crippen LogP contribution in [0.4, 0.5) is 0 Å². The average Bonchev–Trinajstić information content (AvgIpc) is 2.28. The van der Waals surface area contributed by atoms with Gasteiger partial charge >= 0.3 is 5.97 Å². The Morgan fingerprint density at radius 3 is 2.26 bits per heavy atom. The first kappa shape index (κ1) is 17.7. The summed E-state index contributed by atoms with van der Waals surface area (Å²) in [4.78, 5) is 11.4. The lowest BCUT2D eigenvalue weighted by Gasteiger charge is -2.15. The average molecular weight is 288 g/mol. The van der Waals surface area contributed by atoms with Crippen molar-refractivity contribution in [2.24, 2.45) is 5.73 Å². The number of hydrogen-bond donors (Lipinski definition) is 1. The minimum atomic E-state index is -0.340. The number of nitrogens with two attached hydrogens (primary N) is 1. The van der Waals surface area contributed by atoms with Crippen LogP contribution in [-0.4, -0.2) is 19.7 Å². The van der Waals surface area contributed by atoms with Gasteiger partial charge in [0.15, 0.2) is 0 Å². The van der Waals surface area contributed by atoms with Gasteiger partial charge in [-0.15, -0.1) is 12.4 Å². The van der Waals surface area contributed by atoms with Gasteiger partial charge in [0, 0.05) is 6.04 Å². The normalized spacial score (nSPS) is 11.4. The van der Waals surface area contributed by atoms with E-state index in [-0.39, 0.29) is 30.8 Å². The molecule has 0 aromatic heterocycles. The molecule has 108 valence electrons. The Kier molecular flexibility index (Phi) is 7.49. The molecule has 0 aliphatic carbocycles. The van der Waals surface area contributed by atoms with E-state index in [0.29, 0.717) is 6.61 Å². The number of ether oxygens (including phenoxy) is 2. The van der Waals surface area contributed by atoms with E-state index in [4.69, 9.17) is 15.2 Å². The van der Waals surface area contributed by atoms with E-state index in [2.05, 4.69) is 0 Å². The molecule has 19 heavy (non-hydrogen) atoms. The Hall–Kier alpha value is -1.26. The number of methoxy groups -OCH3 is 1. The van der Waals surface area contributed by atoms with Gasteiger partial charge in [0.1, 0.15) is 5.75 Å². The fourth-order valence-corrected chi connectivity index (χ4v) is 2.04. The third kappa shape index (κ3) is 4.73. The van der Waals surface area contributed by atoms with Gasteiger partial charge in [-0.1, -0.05) is 12.1 Å². The number of carbonyl (C=O) groups is 1. The van der Waals surface area contributed by atoms with Crippen molar-refractivity contribution in [3.05, 3.63) is 28.8 Å². The second-order valence-electron chi connectivity index (χ2n) is 4.30. The van der Waals surface area contributed by atoms with Crippen molar-refractivity contribution in [1.82, 2.24) is 0 Å². The zero-order valence-electron chi connectivity index (χ0n) is 11.9. The number of halogens is 1. The van der Waals surface area contributed by atoms with E-state index in [9.17, 15) is 4.79 Å². The first-order valence-electron chi connectivity index (χ1n) is 6.05. The molecule has 0 aliphatic rings. The molecule has 1 aromatic carbocycles. The van der Waals surface area contributed by atoms with Crippen LogP contribution >= 0.6 is 12.4 Å². The minimum Gasteiger partial charge on any atom is -0.496 e. The molecule has 4 nitrogen and oxygen atoms in total. The number of hydrogen-bond acceptors (Lipinski definition) is 4. The maximum absolute atomic E-state index is 11.4. The van der Waals surface area contributed by atoms with Gasteiger partial charge < -0.3 is 15.2 Å². The Morgan fingerprint density at radius 1 is 1.32 bits per heavy atom. The molecule has 5 heteroatoms. The molecule has 1 aromatic rings. The molecule has 0 aliphatic heterocycles. The van der Waals surface area contributed by atoms with Gasteiger partial charge in [-0.25, -0.2) is 0 Å². The molecule has 0 fully saturated rings. The third-order valence-electron chi connectivity index (χ3n) is 2.81. The Balaban J connectivity index is 0.00000324. The van der Waals surface area contributed by atoms with Crippen LogP contribution < -0.4 is 10.5 Å². The first-order valence-corrected chi connectivity index (χ1v) is 6.05. The molecule has 0 amide bonds. The van der Waals surface area contributed by atoms with Gasteiger partial charge in [0.05, 0.1) is 20.1 Å². The molecule has 2 N–H and O–H groups in total. The van der Waals surface area contributed by atoms with Crippen LogP contribution in [0.15, 0.2) is 12.1 Å². The summed E-state index contributed by atoms with van der Waals surface area (Å²) >= 11 is 0. The lowest BCUT2D eigenvalue weighted by molar-refractivity contribution is -0.143. The smallest absolute Gasteiger partial charge is 0.307 e. The van der Waals surface area contributed by atoms with Crippen LogP contribution in [0.5, 0.6) is 5.75 Å². The number of rotatable bonds is 5. The van der Waals surface area contributed by atoms with Crippen LogP contribution in [-0.2, 0) is 9.53 Å². The van der Waals surface area contributed by atoms with E-state index < -0.39 is 0 Å². The summed E-state index contributed by atoms with van der Waals surface area (Å²) in [5.74, 6) is 0.596. The van der Waals surface area contributed by atoms with Crippen LogP contribution in [0.3, 0.4) is 0 Å². The highest BCUT2D eigenvalue weighted by molar-refractivity contribution is 5.85. The summed E-state index contributed by atoms with van der Waals surface area (Å²) in [5.41, 5.74) is 8.98. The fourth-order valence-electron chi connectivity index (χ4n) is 2.04. The summed E-state index contributed by atoms with van der Waals surface area (Å²) in [6, 6.07) is 3.57. The molecule has 0 unspecified atom stereocenters. The van der Waals surface area contributed by atoms with Crippen molar-refractivity contribution >= 4 is 18.4 Å². The van der Waals surface area contributed by atoms with E-state index in [1.54, 1.807) is 14.0 Å². The monoisotopic (exact) mass is 287 g/mol. The topological polar surface area (TPSA) is 61.5 Å². The lowest BCUT2D eigenvalue weighted by Crippen LogP contribution is -2.17. The summed E-state index contributed by atoms with van der Waals surface area (Å²) in [6.45, 7) is 6.09. The molecule has 0 radical (unpaired) electrons. The molecule has 0 heterocycles. The van der Waals surface area contributed by atoms with E-state index in [1.165, 1.54) is 0 Å². The van der Waals surface area contributed by atoms with E-state index >= 15 is 0 Å². The maximum Gasteiger partial charge on any atom is 0.307 e. The van der Waals surface area contributed by atoms with Gasteiger partial charge in [0.25, 0.3) is 0 Å². The minimum absolute atomic E-state index is 0. The molecule has 1 rings (SSSR count). The zero-order chi connectivity index (χ0) is 13.7. The van der Waals surface area contributed by atoms with Gasteiger partial charge in [-0.2, -0.15) is 0 Å². The highest BCUT2D eigenvalue weighted by atomic mass is 35.5. The Labute approximate surface area is 120 Å². The number of aryl methyl sites for hydroxylation is 2. The van der Waals surface area contributed by atoms with Gasteiger partial charge in [-0.3, -0.25) is 4.79 Å². The van der Waals surface area contributed by atoms with Gasteiger partial charge in [0.2, 0.25) is 0 Å². The van der Waals surface area contributed by atoms with Crippen LogP contribution in [0.25, 0.3) is 0 Å². The molecule has 0 saturated heterocycles. The predicted octanol–water partition coefficient (Wildman–Crippen LogP) is 2.69. The molecule has 1 atom stereocenters. The summed E-state index contributed by atoms with van der Waals surface area (Å²) < 4.78 is 10.2. The van der Waals surface area contributed by atoms with Gasteiger partial charge in [-0.05, 0) is 37.5 Å². The highest BCUT2D eigenvalue weighted by Gasteiger charge is 2.15. The van der Waals surface area contributed by atoms with E-state index in [1.807, 2.05) is 26.0 Å². The van der Waals surface area contributed by atoms with Crippen molar-refractivity contribution < 1.29 is 14.3 Å². The van der Waals surface area contributed by atoms with Crippen molar-refractivity contribution in [3.63, 3.8) is 0 Å². The fraction of sp³-hybridized carbons (Fsp3) is 0.500. The number of carbonyl (C=O) groups excluding carboxylic acids is 1. The molecule has 0 bridgehead atoms. The molecule has 0 spiro atoms. The maximum atomic E-state index is 11.4. The van der Waals surface area contributed by atoms with E-state index in [0.717, 1.165) is 22.4 Å². The summed E-state index contributed by atoms with van der Waals surface area (Å²) in [5, 5.41) is 0. The van der Waals surface area contributed by atoms with Crippen molar-refractivity contribution in [2.45, 2.75) is 33.2 Å². The first-order chi connectivity index (χ1) is 8.49. The second-order valence-corrected chi connectivity index (χ2v) is 4.30. The van der Waals surface area contributed by atoms with Crippen molar-refractivity contribution in [3.8, 4) is 5.75 Å². The van der Waals surface area contributed by atoms with Crippen LogP contribution in [0.2, 0.25) is 0 Å². The quantitative estimate of drug-likeness (QED) is 0.846. The zero-order valence-corrected chi connectivity index (χ0v) is 12.7.